The minimum absolute atomic E-state index is 0.248. The molecule has 0 radical (unpaired) electrons. The Kier molecular flexibility index (Phi) is 3.07. The van der Waals surface area contributed by atoms with Crippen LogP contribution in [0.25, 0.3) is 11.0 Å². The first-order valence-electron chi connectivity index (χ1n) is 6.66. The van der Waals surface area contributed by atoms with Crippen molar-refractivity contribution in [3.8, 4) is 6.07 Å². The third-order valence-corrected chi connectivity index (χ3v) is 4.04. The average Bonchev–Trinajstić information content (AvgIpc) is 3.13. The highest BCUT2D eigenvalue weighted by Crippen LogP contribution is 2.37. The number of pyridine rings is 1. The lowest BCUT2D eigenvalue weighted by Crippen LogP contribution is -2.35. The Morgan fingerprint density at radius 1 is 1.35 bits per heavy atom. The quantitative estimate of drug-likeness (QED) is 0.922. The topological polar surface area (TPSA) is 77.2 Å². The number of aromatic nitrogens is 2. The second-order valence-electron chi connectivity index (χ2n) is 5.12. The summed E-state index contributed by atoms with van der Waals surface area (Å²) in [6.07, 6.45) is 8.80. The molecule has 0 aromatic carbocycles. The van der Waals surface area contributed by atoms with Crippen LogP contribution in [-0.4, -0.2) is 22.4 Å². The molecule has 3 rings (SSSR count). The lowest BCUT2D eigenvalue weighted by molar-refractivity contribution is 0.467. The molecule has 0 saturated carbocycles. The normalized spacial score (nSPS) is 17.4. The molecule has 5 heteroatoms. The van der Waals surface area contributed by atoms with Gasteiger partial charge in [-0.3, -0.25) is 0 Å². The van der Waals surface area contributed by atoms with Gasteiger partial charge in [-0.05, 0) is 30.0 Å². The van der Waals surface area contributed by atoms with E-state index in [1.807, 2.05) is 30.8 Å². The lowest BCUT2D eigenvalue weighted by Gasteiger charge is -2.30. The fraction of sp³-hybridized carbons (Fsp3) is 0.333. The van der Waals surface area contributed by atoms with E-state index in [0.717, 1.165) is 23.0 Å². The third-order valence-electron chi connectivity index (χ3n) is 4.04. The molecule has 2 aromatic rings. The van der Waals surface area contributed by atoms with Crippen LogP contribution in [0.4, 0.5) is 0 Å². The van der Waals surface area contributed by atoms with Gasteiger partial charge >= 0.3 is 0 Å². The first-order valence-corrected chi connectivity index (χ1v) is 6.66. The van der Waals surface area contributed by atoms with Gasteiger partial charge < -0.3 is 4.98 Å². The Labute approximate surface area is 117 Å². The molecule has 1 N–H and O–H groups in total. The zero-order chi connectivity index (χ0) is 14.0. The van der Waals surface area contributed by atoms with E-state index in [1.165, 1.54) is 0 Å². The van der Waals surface area contributed by atoms with Crippen LogP contribution in [0, 0.1) is 17.2 Å². The van der Waals surface area contributed by atoms with Gasteiger partial charge in [0.05, 0.1) is 11.5 Å². The van der Waals surface area contributed by atoms with Crippen LogP contribution in [0.3, 0.4) is 0 Å². The summed E-state index contributed by atoms with van der Waals surface area (Å²) >= 11 is 0. The van der Waals surface area contributed by atoms with Gasteiger partial charge in [-0.15, -0.1) is 0 Å². The van der Waals surface area contributed by atoms with Crippen molar-refractivity contribution < 1.29 is 0 Å². The van der Waals surface area contributed by atoms with Crippen molar-refractivity contribution in [1.82, 2.24) is 9.97 Å². The molecule has 2 aromatic heterocycles. The SMILES string of the molecule is CC(CCC#N)C1(c2ccnc3[nH]ccc23)C=NN=C1. The predicted molar refractivity (Wildman–Crippen MR) is 78.8 cm³/mol. The Balaban J connectivity index is 2.12. The molecule has 20 heavy (non-hydrogen) atoms. The fourth-order valence-corrected chi connectivity index (χ4v) is 2.81. The van der Waals surface area contributed by atoms with Crippen molar-refractivity contribution in [2.45, 2.75) is 25.2 Å². The van der Waals surface area contributed by atoms with Gasteiger partial charge in [0, 0.05) is 36.6 Å². The number of nitrogens with one attached hydrogen (secondary N) is 1. The monoisotopic (exact) mass is 265 g/mol. The summed E-state index contributed by atoms with van der Waals surface area (Å²) < 4.78 is 0. The first kappa shape index (κ1) is 12.5. The molecule has 1 aliphatic rings. The molecule has 1 aliphatic heterocycles. The van der Waals surface area contributed by atoms with Gasteiger partial charge in [-0.1, -0.05) is 6.92 Å². The highest BCUT2D eigenvalue weighted by atomic mass is 15.2. The maximum absolute atomic E-state index is 8.82. The Morgan fingerprint density at radius 2 is 2.15 bits per heavy atom. The fourth-order valence-electron chi connectivity index (χ4n) is 2.81. The van der Waals surface area contributed by atoms with Gasteiger partial charge in [-0.25, -0.2) is 4.98 Å². The summed E-state index contributed by atoms with van der Waals surface area (Å²) in [5.74, 6) is 0.248. The largest absolute Gasteiger partial charge is 0.346 e. The van der Waals surface area contributed by atoms with Gasteiger partial charge in [0.15, 0.2) is 0 Å². The minimum atomic E-state index is -0.347. The van der Waals surface area contributed by atoms with Crippen LogP contribution in [-0.2, 0) is 5.41 Å². The number of nitrogens with zero attached hydrogens (tertiary/aromatic N) is 4. The van der Waals surface area contributed by atoms with Crippen LogP contribution in [0.2, 0.25) is 0 Å². The summed E-state index contributed by atoms with van der Waals surface area (Å²) in [7, 11) is 0. The van der Waals surface area contributed by atoms with Crippen molar-refractivity contribution in [1.29, 1.82) is 5.26 Å². The minimum Gasteiger partial charge on any atom is -0.346 e. The maximum Gasteiger partial charge on any atom is 0.137 e. The number of hydrogen-bond acceptors (Lipinski definition) is 4. The summed E-state index contributed by atoms with van der Waals surface area (Å²) in [6.45, 7) is 2.14. The molecular formula is C15H15N5. The maximum atomic E-state index is 8.82. The molecular weight excluding hydrogens is 250 g/mol. The summed E-state index contributed by atoms with van der Waals surface area (Å²) in [5, 5.41) is 18.0. The second kappa shape index (κ2) is 4.89. The van der Waals surface area contributed by atoms with Gasteiger partial charge in [0.1, 0.15) is 5.65 Å². The molecule has 3 heterocycles. The van der Waals surface area contributed by atoms with E-state index in [9.17, 15) is 0 Å². The van der Waals surface area contributed by atoms with E-state index >= 15 is 0 Å². The smallest absolute Gasteiger partial charge is 0.137 e. The van der Waals surface area contributed by atoms with E-state index < -0.39 is 0 Å². The Bertz CT molecular complexity index is 707. The summed E-state index contributed by atoms with van der Waals surface area (Å²) in [4.78, 5) is 7.46. The summed E-state index contributed by atoms with van der Waals surface area (Å²) in [5.41, 5.74) is 1.66. The van der Waals surface area contributed by atoms with E-state index in [2.05, 4.69) is 33.2 Å². The Hall–Kier alpha value is -2.48. The standard InChI is InChI=1S/C15H15N5/c1-11(3-2-6-16)15(9-19-20-10-15)13-5-8-18-14-12(13)4-7-17-14/h4-5,7-11H,2-3H2,1H3,(H,17,18). The molecule has 0 saturated heterocycles. The molecule has 0 bridgehead atoms. The molecule has 0 spiro atoms. The molecule has 0 fully saturated rings. The number of aromatic amines is 1. The van der Waals surface area contributed by atoms with E-state index in [0.29, 0.717) is 6.42 Å². The van der Waals surface area contributed by atoms with Crippen LogP contribution in [0.1, 0.15) is 25.3 Å². The van der Waals surface area contributed by atoms with Gasteiger partial charge in [0.25, 0.3) is 0 Å². The van der Waals surface area contributed by atoms with Crippen LogP contribution in [0.15, 0.2) is 34.7 Å². The van der Waals surface area contributed by atoms with Crippen molar-refractivity contribution in [2.24, 2.45) is 16.1 Å². The zero-order valence-corrected chi connectivity index (χ0v) is 11.2. The highest BCUT2D eigenvalue weighted by Gasteiger charge is 2.38. The molecule has 0 aliphatic carbocycles. The van der Waals surface area contributed by atoms with Gasteiger partial charge in [0.2, 0.25) is 0 Å². The first-order chi connectivity index (χ1) is 9.78. The highest BCUT2D eigenvalue weighted by molar-refractivity contribution is 6.03. The molecule has 5 nitrogen and oxygen atoms in total. The molecule has 1 unspecified atom stereocenters. The third kappa shape index (κ3) is 1.81. The van der Waals surface area contributed by atoms with Crippen molar-refractivity contribution in [3.63, 3.8) is 0 Å². The number of hydrogen-bond donors (Lipinski definition) is 1. The van der Waals surface area contributed by atoms with Crippen LogP contribution in [0.5, 0.6) is 0 Å². The number of H-pyrrole nitrogens is 1. The van der Waals surface area contributed by atoms with Crippen LogP contribution < -0.4 is 0 Å². The number of rotatable bonds is 4. The molecule has 0 amide bonds. The number of nitriles is 1. The average molecular weight is 265 g/mol. The Morgan fingerprint density at radius 3 is 2.90 bits per heavy atom. The van der Waals surface area contributed by atoms with E-state index in [4.69, 9.17) is 5.26 Å². The molecule has 100 valence electrons. The van der Waals surface area contributed by atoms with Crippen molar-refractivity contribution in [3.05, 3.63) is 30.1 Å². The zero-order valence-electron chi connectivity index (χ0n) is 11.2. The summed E-state index contributed by atoms with van der Waals surface area (Å²) in [6, 6.07) is 6.26. The van der Waals surface area contributed by atoms with Crippen LogP contribution >= 0.6 is 0 Å². The van der Waals surface area contributed by atoms with E-state index in [-0.39, 0.29) is 11.3 Å². The predicted octanol–water partition coefficient (Wildman–Crippen LogP) is 2.81. The van der Waals surface area contributed by atoms with Gasteiger partial charge in [-0.2, -0.15) is 15.5 Å². The van der Waals surface area contributed by atoms with Crippen molar-refractivity contribution in [2.75, 3.05) is 0 Å². The number of fused-ring (bicyclic) bond motifs is 1. The van der Waals surface area contributed by atoms with E-state index in [1.54, 1.807) is 6.20 Å². The molecule has 1 atom stereocenters. The second-order valence-corrected chi connectivity index (χ2v) is 5.12. The lowest BCUT2D eigenvalue weighted by atomic mass is 9.70. The van der Waals surface area contributed by atoms with Crippen molar-refractivity contribution >= 4 is 23.5 Å².